The zero-order valence-electron chi connectivity index (χ0n) is 16.1. The van der Waals surface area contributed by atoms with E-state index in [4.69, 9.17) is 9.84 Å². The number of piperidine rings is 1. The van der Waals surface area contributed by atoms with Crippen molar-refractivity contribution in [3.8, 4) is 0 Å². The second kappa shape index (κ2) is 13.6. The van der Waals surface area contributed by atoms with Crippen molar-refractivity contribution in [2.45, 2.75) is 45.6 Å². The largest absolute Gasteiger partial charge is 0.521 e. The Labute approximate surface area is 150 Å². The Bertz CT molecular complexity index is 410. The molecule has 158 valence electrons. The van der Waals surface area contributed by atoms with Crippen LogP contribution in [0.2, 0.25) is 0 Å². The molecule has 1 saturated heterocycles. The van der Waals surface area contributed by atoms with Crippen LogP contribution in [0.4, 0.5) is 0 Å². The summed E-state index contributed by atoms with van der Waals surface area (Å²) >= 11 is 0. The zero-order chi connectivity index (χ0) is 19.3. The van der Waals surface area contributed by atoms with E-state index in [9.17, 15) is 14.4 Å². The molecular weight excluding hydrogens is 583 g/mol. The van der Waals surface area contributed by atoms with Gasteiger partial charge < -0.3 is 24.9 Å². The fraction of sp³-hybridized carbons (Fsp3) is 0.824. The molecule has 0 saturated carbocycles. The van der Waals surface area contributed by atoms with Gasteiger partial charge in [-0.15, -0.1) is 0 Å². The number of carboxylic acids is 1. The average Bonchev–Trinajstić information content (AvgIpc) is 2.50. The summed E-state index contributed by atoms with van der Waals surface area (Å²) in [5.74, 6) is -1.20. The molecule has 1 heterocycles. The molecule has 0 aromatic rings. The van der Waals surface area contributed by atoms with Gasteiger partial charge in [0, 0.05) is 13.1 Å². The van der Waals surface area contributed by atoms with Crippen molar-refractivity contribution in [3.05, 3.63) is 0 Å². The van der Waals surface area contributed by atoms with Crippen LogP contribution in [0.25, 0.3) is 0 Å². The number of likely N-dealkylation sites (tertiary alicyclic amines) is 1. The summed E-state index contributed by atoms with van der Waals surface area (Å²) < 4.78 is 5.31. The summed E-state index contributed by atoms with van der Waals surface area (Å²) in [7, 11) is 1.98. The van der Waals surface area contributed by atoms with Crippen LogP contribution in [-0.4, -0.2) is 85.2 Å². The standard InChI is InChI=1S/C14H28N2O2.C3H4NO3.Fm/c1-14(2,3)18-13(17)12-15(4)10-11-16-8-6-5-7-9-16;5-2-4-1-3(6)7;/h5-12H2,1-4H3;1H2,(H,4,5)(H,6,7);/q;-1;. The molecule has 0 aromatic heterocycles. The number of nitrogens with one attached hydrogen (secondary N) is 1. The zero-order valence-corrected chi connectivity index (χ0v) is 18.5. The molecule has 0 bridgehead atoms. The van der Waals surface area contributed by atoms with Gasteiger partial charge in [0.25, 0.3) is 0 Å². The summed E-state index contributed by atoms with van der Waals surface area (Å²) in [4.78, 5) is 34.9. The molecule has 0 radical (unpaired) electrons. The predicted molar refractivity (Wildman–Crippen MR) is 95.0 cm³/mol. The van der Waals surface area contributed by atoms with Crippen LogP contribution < -0.4 is 5.32 Å². The molecule has 9 heteroatoms. The number of amides is 1. The summed E-state index contributed by atoms with van der Waals surface area (Å²) in [5.41, 5.74) is -0.384. The van der Waals surface area contributed by atoms with Crippen LogP contribution in [0.3, 0.4) is 0 Å². The van der Waals surface area contributed by atoms with Crippen LogP contribution in [0.5, 0.6) is 0 Å². The van der Waals surface area contributed by atoms with E-state index < -0.39 is 5.97 Å². The minimum atomic E-state index is -1.07. The second-order valence-corrected chi connectivity index (χ2v) is 7.08. The number of carbonyl (C=O) groups is 2. The normalized spacial score (nSPS) is 14.5. The van der Waals surface area contributed by atoms with Gasteiger partial charge in [-0.2, -0.15) is 6.41 Å². The van der Waals surface area contributed by atoms with Crippen LogP contribution in [0.15, 0.2) is 0 Å². The number of likely N-dealkylation sites (N-methyl/N-ethyl adjacent to an activating group) is 1. The molecule has 0 atom stereocenters. The topological polar surface area (TPSA) is 99.2 Å². The molecule has 8 nitrogen and oxygen atoms in total. The van der Waals surface area contributed by atoms with Gasteiger partial charge in [0.2, 0.25) is 0 Å². The summed E-state index contributed by atoms with van der Waals surface area (Å²) in [5, 5.41) is 9.65. The third kappa shape index (κ3) is 16.2. The van der Waals surface area contributed by atoms with E-state index in [0.29, 0.717) is 6.54 Å². The second-order valence-electron chi connectivity index (χ2n) is 7.08. The summed E-state index contributed by atoms with van der Waals surface area (Å²) in [6.45, 7) is 10.1. The first-order valence-electron chi connectivity index (χ1n) is 8.58. The average molecular weight is 615 g/mol. The van der Waals surface area contributed by atoms with Crippen molar-refractivity contribution in [2.75, 3.05) is 46.3 Å². The Hall–Kier alpha value is -2.67. The molecule has 1 fully saturated rings. The first-order chi connectivity index (χ1) is 11.6. The van der Waals surface area contributed by atoms with Gasteiger partial charge >= 0.3 is 11.9 Å². The summed E-state index contributed by atoms with van der Waals surface area (Å²) in [6, 6.07) is 0. The smallest absolute Gasteiger partial charge is 0.320 e. The maximum atomic E-state index is 11.6. The third-order valence-corrected chi connectivity index (χ3v) is 3.38. The van der Waals surface area contributed by atoms with Gasteiger partial charge in [0.05, 0.1) is 13.1 Å². The Morgan fingerprint density at radius 3 is 2.23 bits per heavy atom. The fourth-order valence-corrected chi connectivity index (χ4v) is 2.28. The monoisotopic (exact) mass is 615 g/mol. The maximum absolute atomic E-state index is 11.6. The predicted octanol–water partition coefficient (Wildman–Crippen LogP) is 0.474. The minimum absolute atomic E-state index is 0. The van der Waals surface area contributed by atoms with Crippen LogP contribution in [0, 0.1) is 0 Å². The van der Waals surface area contributed by atoms with Crippen molar-refractivity contribution in [1.82, 2.24) is 15.1 Å². The van der Waals surface area contributed by atoms with Crippen molar-refractivity contribution >= 4 is 18.3 Å². The van der Waals surface area contributed by atoms with Gasteiger partial charge in [-0.05, 0) is 53.8 Å². The van der Waals surface area contributed by atoms with Gasteiger partial charge in [0.15, 0.2) is 0 Å². The van der Waals surface area contributed by atoms with E-state index in [-0.39, 0.29) is 18.1 Å². The van der Waals surface area contributed by atoms with E-state index in [1.54, 1.807) is 0 Å². The molecule has 0 unspecified atom stereocenters. The molecule has 1 aliphatic rings. The Morgan fingerprint density at radius 1 is 1.23 bits per heavy atom. The molecule has 1 rings (SSSR count). The first-order valence-corrected chi connectivity index (χ1v) is 8.58. The van der Waals surface area contributed by atoms with Crippen LogP contribution in [-0.2, 0) is 19.1 Å². The molecule has 0 spiro atoms. The Morgan fingerprint density at radius 2 is 1.81 bits per heavy atom. The van der Waals surface area contributed by atoms with E-state index in [2.05, 4.69) is 4.90 Å². The van der Waals surface area contributed by atoms with Gasteiger partial charge in [-0.25, -0.2) is 0 Å². The number of nitrogens with zero attached hydrogens (tertiary/aromatic N) is 2. The quantitative estimate of drug-likeness (QED) is 0.233. The molecule has 2 N–H and O–H groups in total. The molecule has 1 amide bonds. The number of rotatable bonds is 8. The molecular formula is C17H32FmN3O5-. The van der Waals surface area contributed by atoms with Crippen molar-refractivity contribution in [2.24, 2.45) is 0 Å². The maximum Gasteiger partial charge on any atom is 0.320 e. The van der Waals surface area contributed by atoms with Gasteiger partial charge in [-0.1, -0.05) is 6.42 Å². The molecule has 0 aromatic carbocycles. The molecule has 26 heavy (non-hydrogen) atoms. The van der Waals surface area contributed by atoms with Crippen LogP contribution >= 0.6 is 0 Å². The fourth-order valence-electron chi connectivity index (χ4n) is 2.28. The van der Waals surface area contributed by atoms with Gasteiger partial charge in [0.1, 0.15) is 5.60 Å². The number of hydrogen-bond acceptors (Lipinski definition) is 6. The molecule has 0 aliphatic carbocycles. The van der Waals surface area contributed by atoms with Crippen LogP contribution in [0.1, 0.15) is 40.0 Å². The van der Waals surface area contributed by atoms with E-state index in [1.165, 1.54) is 38.8 Å². The van der Waals surface area contributed by atoms with Crippen molar-refractivity contribution in [1.29, 1.82) is 0 Å². The Balaban J connectivity index is 0. The van der Waals surface area contributed by atoms with E-state index in [1.807, 2.05) is 38.0 Å². The molecule has 1 aliphatic heterocycles. The van der Waals surface area contributed by atoms with E-state index in [0.717, 1.165) is 13.1 Å². The summed E-state index contributed by atoms with van der Waals surface area (Å²) in [6.07, 6.45) is 5.21. The van der Waals surface area contributed by atoms with E-state index >= 15 is 0 Å². The van der Waals surface area contributed by atoms with Crippen molar-refractivity contribution in [3.63, 3.8) is 0 Å². The van der Waals surface area contributed by atoms with Gasteiger partial charge in [-0.3, -0.25) is 14.5 Å². The Kier molecular flexibility index (Phi) is 13.4. The number of carboxylic acid groups (broad SMARTS) is 1. The number of aliphatic carboxylic acids is 1. The third-order valence-electron chi connectivity index (χ3n) is 3.38. The number of ether oxygens (including phenoxy) is 1. The van der Waals surface area contributed by atoms with Crippen molar-refractivity contribution < 1.29 is 24.2 Å². The SMILES string of the molecule is CN(CCN1CCCCC1)CC(=O)OC(C)(C)C.O=[C-]NCC(=O)O.[Fm]. The number of esters is 1. The first kappa shape index (κ1) is 25.6. The number of hydrogen-bond donors (Lipinski definition) is 2. The number of carbonyl (C=O) groups excluding carboxylic acids is 2. The minimum Gasteiger partial charge on any atom is -0.521 e.